The molecule has 0 saturated carbocycles. The number of carbonyl (C=O) groups excluding carboxylic acids is 1. The lowest BCUT2D eigenvalue weighted by molar-refractivity contribution is -0.157. The van der Waals surface area contributed by atoms with Crippen molar-refractivity contribution in [2.75, 3.05) is 11.9 Å². The minimum absolute atomic E-state index is 0.00427. The summed E-state index contributed by atoms with van der Waals surface area (Å²) >= 11 is -0.546. The second kappa shape index (κ2) is 10.6. The molecule has 1 heterocycles. The fourth-order valence-corrected chi connectivity index (χ4v) is 4.93. The predicted octanol–water partition coefficient (Wildman–Crippen LogP) is 7.16. The van der Waals surface area contributed by atoms with Crippen molar-refractivity contribution in [1.29, 1.82) is 0 Å². The molecule has 0 aliphatic carbocycles. The number of nitrogens with zero attached hydrogens (tertiary/aromatic N) is 2. The summed E-state index contributed by atoms with van der Waals surface area (Å²) in [5, 5.41) is 5.89. The van der Waals surface area contributed by atoms with Crippen LogP contribution in [0.15, 0.2) is 58.6 Å². The number of hydrogen-bond acceptors (Lipinski definition) is 4. The number of benzene rings is 2. The summed E-state index contributed by atoms with van der Waals surface area (Å²) in [5.41, 5.74) is 0.403. The van der Waals surface area contributed by atoms with E-state index in [1.54, 1.807) is 11.9 Å². The second-order valence-corrected chi connectivity index (χ2v) is 10.2. The molecule has 2 aromatic rings. The Bertz CT molecular complexity index is 1200. The van der Waals surface area contributed by atoms with E-state index in [-0.39, 0.29) is 35.1 Å². The number of amides is 1. The molecule has 0 radical (unpaired) electrons. The molecule has 0 bridgehead atoms. The van der Waals surface area contributed by atoms with Crippen molar-refractivity contribution < 1.29 is 26.2 Å². The van der Waals surface area contributed by atoms with Gasteiger partial charge < -0.3 is 5.32 Å². The van der Waals surface area contributed by atoms with Crippen LogP contribution in [0.1, 0.15) is 40.2 Å². The Hall–Kier alpha value is -2.85. The number of carbonyl (C=O) groups is 1. The molecule has 194 valence electrons. The van der Waals surface area contributed by atoms with Crippen LogP contribution in [0.25, 0.3) is 0 Å². The largest absolute Gasteiger partial charge is 0.355 e. The number of nitrogens with one attached hydrogen (secondary N) is 1. The van der Waals surface area contributed by atoms with Crippen molar-refractivity contribution in [2.24, 2.45) is 5.41 Å². The summed E-state index contributed by atoms with van der Waals surface area (Å²) in [6.07, 6.45) is 0. The Kier molecular flexibility index (Phi) is 8.20. The second-order valence-electron chi connectivity index (χ2n) is 9.61. The number of anilines is 1. The van der Waals surface area contributed by atoms with E-state index in [4.69, 9.17) is 0 Å². The van der Waals surface area contributed by atoms with E-state index in [0.29, 0.717) is 12.1 Å². The highest BCUT2D eigenvalue weighted by Crippen LogP contribution is 2.39. The van der Waals surface area contributed by atoms with Crippen LogP contribution in [0.4, 0.5) is 27.1 Å². The molecule has 1 aliphatic heterocycles. The monoisotopic (exact) mass is 525 g/mol. The summed E-state index contributed by atoms with van der Waals surface area (Å²) in [6, 6.07) is 5.23. The Balaban J connectivity index is 2.07. The van der Waals surface area contributed by atoms with Crippen LogP contribution >= 0.6 is 12.1 Å². The van der Waals surface area contributed by atoms with Gasteiger partial charge in [-0.3, -0.25) is 9.80 Å². The van der Waals surface area contributed by atoms with Gasteiger partial charge in [0, 0.05) is 23.5 Å². The molecule has 3 rings (SSSR count). The van der Waals surface area contributed by atoms with Crippen molar-refractivity contribution in [3.05, 3.63) is 82.6 Å². The van der Waals surface area contributed by atoms with Crippen molar-refractivity contribution in [3.8, 4) is 0 Å². The van der Waals surface area contributed by atoms with Crippen molar-refractivity contribution in [2.45, 2.75) is 52.1 Å². The highest BCUT2D eigenvalue weighted by atomic mass is 32.2. The molecule has 0 fully saturated rings. The molecule has 0 spiro atoms. The number of hydrazine groups is 1. The number of rotatable bonds is 7. The first-order chi connectivity index (χ1) is 16.8. The number of hydrogen-bond donors (Lipinski definition) is 1. The van der Waals surface area contributed by atoms with Gasteiger partial charge in [-0.15, -0.1) is 0 Å². The standard InChI is InChI=1S/C26H28F5N3OS/c1-7-33-24(26(4,5)6)14(2)21(15(3)32-17-11-19(28)23(36-31)20(29)12-17)25(35)34(33)13-16-9-8-10-18(27)22(16)30/h8-12,24,32H,3,7,13H2,1-2,4-6H3. The average molecular weight is 526 g/mol. The van der Waals surface area contributed by atoms with Crippen LogP contribution in [0.2, 0.25) is 0 Å². The van der Waals surface area contributed by atoms with Crippen LogP contribution in [0.5, 0.6) is 0 Å². The lowest BCUT2D eigenvalue weighted by Gasteiger charge is -2.50. The van der Waals surface area contributed by atoms with Crippen LogP contribution in [-0.4, -0.2) is 28.5 Å². The van der Waals surface area contributed by atoms with Gasteiger partial charge in [0.05, 0.1) is 30.3 Å². The van der Waals surface area contributed by atoms with E-state index >= 15 is 0 Å². The topological polar surface area (TPSA) is 35.6 Å². The lowest BCUT2D eigenvalue weighted by atomic mass is 9.78. The minimum Gasteiger partial charge on any atom is -0.355 e. The van der Waals surface area contributed by atoms with Gasteiger partial charge in [-0.1, -0.05) is 46.4 Å². The van der Waals surface area contributed by atoms with Gasteiger partial charge in [0.25, 0.3) is 5.91 Å². The number of halogens is 5. The van der Waals surface area contributed by atoms with Crippen molar-refractivity contribution >= 4 is 23.7 Å². The Morgan fingerprint density at radius 2 is 1.72 bits per heavy atom. The van der Waals surface area contributed by atoms with Crippen molar-refractivity contribution in [1.82, 2.24) is 10.0 Å². The minimum atomic E-state index is -1.11. The summed E-state index contributed by atoms with van der Waals surface area (Å²) in [7, 11) is 0. The Morgan fingerprint density at radius 3 is 2.25 bits per heavy atom. The van der Waals surface area contributed by atoms with E-state index < -0.39 is 51.6 Å². The van der Waals surface area contributed by atoms with E-state index in [2.05, 4.69) is 11.9 Å². The van der Waals surface area contributed by atoms with Crippen LogP contribution < -0.4 is 5.32 Å². The van der Waals surface area contributed by atoms with Crippen molar-refractivity contribution in [3.63, 3.8) is 0 Å². The predicted molar refractivity (Wildman–Crippen MR) is 131 cm³/mol. The summed E-state index contributed by atoms with van der Waals surface area (Å²) < 4.78 is 69.5. The molecule has 1 unspecified atom stereocenters. The molecule has 4 nitrogen and oxygen atoms in total. The molecule has 36 heavy (non-hydrogen) atoms. The quantitative estimate of drug-likeness (QED) is 0.389. The fourth-order valence-electron chi connectivity index (χ4n) is 4.67. The third-order valence-electron chi connectivity index (χ3n) is 6.03. The Labute approximate surface area is 212 Å². The highest BCUT2D eigenvalue weighted by Gasteiger charge is 2.43. The highest BCUT2D eigenvalue weighted by molar-refractivity contribution is 7.94. The van der Waals surface area contributed by atoms with Crippen LogP contribution in [0.3, 0.4) is 0 Å². The van der Waals surface area contributed by atoms with E-state index in [0.717, 1.165) is 18.2 Å². The molecule has 1 aliphatic rings. The number of likely N-dealkylation sites (N-methyl/N-ethyl adjacent to an activating group) is 1. The molecule has 1 N–H and O–H groups in total. The maximum atomic E-state index is 14.5. The molecule has 2 aromatic carbocycles. The maximum Gasteiger partial charge on any atom is 0.270 e. The van der Waals surface area contributed by atoms with Gasteiger partial charge in [0.2, 0.25) is 0 Å². The SMILES string of the molecule is C=C(Nc1cc(F)c(SF)c(F)c1)C1=C(C)C(C(C)(C)C)N(CC)N(Cc2cccc(F)c2F)C1=O. The third-order valence-corrected chi connectivity index (χ3v) is 6.57. The first-order valence-corrected chi connectivity index (χ1v) is 12.0. The van der Waals surface area contributed by atoms with Gasteiger partial charge in [-0.05, 0) is 36.1 Å². The normalized spacial score (nSPS) is 17.1. The first-order valence-electron chi connectivity index (χ1n) is 11.3. The first kappa shape index (κ1) is 27.7. The molecule has 1 amide bonds. The zero-order valence-corrected chi connectivity index (χ0v) is 21.5. The lowest BCUT2D eigenvalue weighted by Crippen LogP contribution is -2.59. The summed E-state index contributed by atoms with van der Waals surface area (Å²) in [4.78, 5) is 13.0. The van der Waals surface area contributed by atoms with Gasteiger partial charge in [-0.25, -0.2) is 22.6 Å². The summed E-state index contributed by atoms with van der Waals surface area (Å²) in [5.74, 6) is -4.81. The molecular weight excluding hydrogens is 497 g/mol. The molecule has 0 saturated heterocycles. The van der Waals surface area contributed by atoms with Crippen LogP contribution in [0, 0.1) is 28.7 Å². The molecular formula is C26H28F5N3OS. The zero-order chi connectivity index (χ0) is 26.9. The van der Waals surface area contributed by atoms with Crippen LogP contribution in [-0.2, 0) is 11.3 Å². The smallest absolute Gasteiger partial charge is 0.270 e. The molecule has 0 aromatic heterocycles. The van der Waals surface area contributed by atoms with Gasteiger partial charge in [-0.2, -0.15) is 3.89 Å². The molecule has 10 heteroatoms. The van der Waals surface area contributed by atoms with E-state index in [1.165, 1.54) is 17.1 Å². The van der Waals surface area contributed by atoms with E-state index in [9.17, 15) is 26.2 Å². The zero-order valence-electron chi connectivity index (χ0n) is 20.7. The maximum absolute atomic E-state index is 14.5. The molecule has 1 atom stereocenters. The fraction of sp³-hybridized carbons (Fsp3) is 0.346. The van der Waals surface area contributed by atoms with Gasteiger partial charge in [0.15, 0.2) is 11.6 Å². The van der Waals surface area contributed by atoms with Gasteiger partial charge in [0.1, 0.15) is 16.5 Å². The average Bonchev–Trinajstić information content (AvgIpc) is 2.77. The third kappa shape index (κ3) is 5.29. The summed E-state index contributed by atoms with van der Waals surface area (Å²) in [6.45, 7) is 13.6. The Morgan fingerprint density at radius 1 is 1.11 bits per heavy atom. The van der Waals surface area contributed by atoms with Gasteiger partial charge >= 0.3 is 0 Å². The van der Waals surface area contributed by atoms with E-state index in [1.807, 2.05) is 27.7 Å².